The van der Waals surface area contributed by atoms with Gasteiger partial charge in [-0.1, -0.05) is 65.9 Å². The number of thiazole rings is 1. The fourth-order valence-electron chi connectivity index (χ4n) is 3.65. The number of nitrogens with zero attached hydrogens (tertiary/aromatic N) is 2. The van der Waals surface area contributed by atoms with Crippen LogP contribution < -0.4 is 4.90 Å². The van der Waals surface area contributed by atoms with Crippen molar-refractivity contribution in [3.05, 3.63) is 76.2 Å². The second kappa shape index (κ2) is 7.39. The number of aromatic nitrogens is 1. The van der Waals surface area contributed by atoms with Gasteiger partial charge in [0.05, 0.1) is 29.4 Å². The number of carbonyl (C=O) groups is 2. The molecular weight excluding hydrogens is 384 g/mol. The van der Waals surface area contributed by atoms with Crippen LogP contribution in [0.15, 0.2) is 60.2 Å². The van der Waals surface area contributed by atoms with Crippen LogP contribution in [-0.4, -0.2) is 42.9 Å². The van der Waals surface area contributed by atoms with Crippen LogP contribution in [-0.2, 0) is 4.74 Å². The molecule has 1 saturated heterocycles. The molecule has 2 aliphatic rings. The molecule has 0 unspecified atom stereocenters. The molecule has 1 aromatic heterocycles. The second-order valence-corrected chi connectivity index (χ2v) is 7.95. The smallest absolute Gasteiger partial charge is 0.197 e. The van der Waals surface area contributed by atoms with Gasteiger partial charge < -0.3 is 9.64 Å². The van der Waals surface area contributed by atoms with E-state index in [2.05, 4.69) is 4.90 Å². The number of ketones is 2. The van der Waals surface area contributed by atoms with Gasteiger partial charge in [0.2, 0.25) is 0 Å². The highest BCUT2D eigenvalue weighted by atomic mass is 32.1. The SMILES string of the molecule is O=C1C(=Cc2sc(N3CCOCC3)nc2-c2ccccc2)C(=O)c2ccccc21. The fraction of sp³-hybridized carbons (Fsp3) is 0.174. The van der Waals surface area contributed by atoms with Gasteiger partial charge in [-0.15, -0.1) is 0 Å². The Balaban J connectivity index is 1.61. The zero-order chi connectivity index (χ0) is 19.8. The average Bonchev–Trinajstić information content (AvgIpc) is 3.31. The maximum atomic E-state index is 12.8. The Bertz CT molecular complexity index is 1090. The molecule has 0 saturated carbocycles. The van der Waals surface area contributed by atoms with Crippen LogP contribution in [0.2, 0.25) is 0 Å². The van der Waals surface area contributed by atoms with Gasteiger partial charge >= 0.3 is 0 Å². The zero-order valence-electron chi connectivity index (χ0n) is 15.6. The lowest BCUT2D eigenvalue weighted by Crippen LogP contribution is -2.36. The summed E-state index contributed by atoms with van der Waals surface area (Å²) in [7, 11) is 0. The Morgan fingerprint density at radius 3 is 2.17 bits per heavy atom. The van der Waals surface area contributed by atoms with Crippen LogP contribution in [0.1, 0.15) is 25.6 Å². The molecule has 1 aliphatic heterocycles. The summed E-state index contributed by atoms with van der Waals surface area (Å²) >= 11 is 1.51. The van der Waals surface area contributed by atoms with E-state index in [-0.39, 0.29) is 17.1 Å². The molecule has 6 heteroatoms. The number of benzene rings is 2. The minimum Gasteiger partial charge on any atom is -0.378 e. The van der Waals surface area contributed by atoms with Gasteiger partial charge in [-0.25, -0.2) is 4.98 Å². The van der Waals surface area contributed by atoms with Gasteiger partial charge in [-0.2, -0.15) is 0 Å². The molecule has 0 bridgehead atoms. The summed E-state index contributed by atoms with van der Waals surface area (Å²) in [5.41, 5.74) is 2.91. The molecule has 29 heavy (non-hydrogen) atoms. The van der Waals surface area contributed by atoms with Gasteiger partial charge in [0.25, 0.3) is 0 Å². The summed E-state index contributed by atoms with van der Waals surface area (Å²) in [6, 6.07) is 16.8. The predicted octanol–water partition coefficient (Wildman–Crippen LogP) is 4.11. The first-order chi connectivity index (χ1) is 14.2. The van der Waals surface area contributed by atoms with Crippen molar-refractivity contribution in [1.29, 1.82) is 0 Å². The van der Waals surface area contributed by atoms with Crippen molar-refractivity contribution in [3.8, 4) is 11.3 Å². The van der Waals surface area contributed by atoms with E-state index >= 15 is 0 Å². The van der Waals surface area contributed by atoms with Crippen molar-refractivity contribution in [2.24, 2.45) is 0 Å². The number of ether oxygens (including phenoxy) is 1. The summed E-state index contributed by atoms with van der Waals surface area (Å²) in [6.07, 6.45) is 1.72. The van der Waals surface area contributed by atoms with E-state index in [9.17, 15) is 9.59 Å². The molecule has 3 aromatic rings. The van der Waals surface area contributed by atoms with Crippen molar-refractivity contribution in [1.82, 2.24) is 4.98 Å². The highest BCUT2D eigenvalue weighted by Gasteiger charge is 2.33. The van der Waals surface area contributed by atoms with Gasteiger partial charge in [-0.05, 0) is 6.08 Å². The molecule has 5 rings (SSSR count). The van der Waals surface area contributed by atoms with E-state index in [1.807, 2.05) is 30.3 Å². The van der Waals surface area contributed by atoms with Crippen molar-refractivity contribution >= 4 is 34.1 Å². The minimum absolute atomic E-state index is 0.209. The summed E-state index contributed by atoms with van der Waals surface area (Å²) < 4.78 is 5.45. The number of morpholine rings is 1. The fourth-order valence-corrected chi connectivity index (χ4v) is 4.73. The van der Waals surface area contributed by atoms with E-state index in [0.717, 1.165) is 34.4 Å². The first kappa shape index (κ1) is 18.0. The summed E-state index contributed by atoms with van der Waals surface area (Å²) in [4.78, 5) is 33.6. The Morgan fingerprint density at radius 2 is 1.52 bits per heavy atom. The number of hydrogen-bond acceptors (Lipinski definition) is 6. The van der Waals surface area contributed by atoms with Crippen LogP contribution in [0.25, 0.3) is 17.3 Å². The summed E-state index contributed by atoms with van der Waals surface area (Å²) in [5.74, 6) is -0.433. The van der Waals surface area contributed by atoms with E-state index < -0.39 is 0 Å². The zero-order valence-corrected chi connectivity index (χ0v) is 16.4. The highest BCUT2D eigenvalue weighted by molar-refractivity contribution is 7.17. The molecule has 0 radical (unpaired) electrons. The molecule has 1 fully saturated rings. The molecule has 2 heterocycles. The Labute approximate surface area is 172 Å². The number of rotatable bonds is 3. The van der Waals surface area contributed by atoms with Crippen molar-refractivity contribution in [3.63, 3.8) is 0 Å². The number of anilines is 1. The number of hydrogen-bond donors (Lipinski definition) is 0. The maximum absolute atomic E-state index is 12.8. The molecular formula is C23H18N2O3S. The topological polar surface area (TPSA) is 59.5 Å². The number of allylic oxidation sites excluding steroid dienone is 1. The van der Waals surface area contributed by atoms with Crippen LogP contribution >= 0.6 is 11.3 Å². The summed E-state index contributed by atoms with van der Waals surface area (Å²) in [6.45, 7) is 2.90. The third-order valence-electron chi connectivity index (χ3n) is 5.15. The van der Waals surface area contributed by atoms with Crippen LogP contribution in [0.3, 0.4) is 0 Å². The Hall–Kier alpha value is -3.09. The van der Waals surface area contributed by atoms with Crippen molar-refractivity contribution < 1.29 is 14.3 Å². The molecule has 0 N–H and O–H groups in total. The summed E-state index contributed by atoms with van der Waals surface area (Å²) in [5, 5.41) is 0.884. The van der Waals surface area contributed by atoms with E-state index in [1.165, 1.54) is 11.3 Å². The highest BCUT2D eigenvalue weighted by Crippen LogP contribution is 2.37. The van der Waals surface area contributed by atoms with Crippen LogP contribution in [0, 0.1) is 0 Å². The molecule has 0 amide bonds. The van der Waals surface area contributed by atoms with E-state index in [1.54, 1.807) is 30.3 Å². The molecule has 2 aromatic carbocycles. The Morgan fingerprint density at radius 1 is 0.897 bits per heavy atom. The molecule has 0 spiro atoms. The lowest BCUT2D eigenvalue weighted by Gasteiger charge is -2.26. The first-order valence-electron chi connectivity index (χ1n) is 9.51. The lowest BCUT2D eigenvalue weighted by molar-refractivity contribution is 0.0990. The Kier molecular flexibility index (Phi) is 4.58. The third-order valence-corrected chi connectivity index (χ3v) is 6.22. The predicted molar refractivity (Wildman–Crippen MR) is 114 cm³/mol. The number of Topliss-reactive ketones (excluding diaryl/α,β-unsaturated/α-hetero) is 2. The standard InChI is InChI=1S/C23H18N2O3S/c26-21-16-8-4-5-9-17(16)22(27)18(21)14-19-20(15-6-2-1-3-7-15)24-23(29-19)25-10-12-28-13-11-25/h1-9,14H,10-13H2. The molecule has 0 atom stereocenters. The van der Waals surface area contributed by atoms with Crippen LogP contribution in [0.5, 0.6) is 0 Å². The molecule has 5 nitrogen and oxygen atoms in total. The largest absolute Gasteiger partial charge is 0.378 e. The molecule has 144 valence electrons. The van der Waals surface area contributed by atoms with E-state index in [0.29, 0.717) is 24.3 Å². The van der Waals surface area contributed by atoms with Gasteiger partial charge in [0, 0.05) is 29.8 Å². The van der Waals surface area contributed by atoms with Gasteiger partial charge in [0.1, 0.15) is 0 Å². The molecule has 1 aliphatic carbocycles. The monoisotopic (exact) mass is 402 g/mol. The quantitative estimate of drug-likeness (QED) is 0.487. The van der Waals surface area contributed by atoms with Crippen molar-refractivity contribution in [2.45, 2.75) is 0 Å². The maximum Gasteiger partial charge on any atom is 0.197 e. The normalized spacial score (nSPS) is 16.3. The van der Waals surface area contributed by atoms with Crippen LogP contribution in [0.4, 0.5) is 5.13 Å². The number of carbonyl (C=O) groups excluding carboxylic acids is 2. The second-order valence-electron chi connectivity index (χ2n) is 6.94. The lowest BCUT2D eigenvalue weighted by atomic mass is 10.1. The van der Waals surface area contributed by atoms with Crippen molar-refractivity contribution in [2.75, 3.05) is 31.2 Å². The van der Waals surface area contributed by atoms with Gasteiger partial charge in [-0.3, -0.25) is 9.59 Å². The number of fused-ring (bicyclic) bond motifs is 1. The average molecular weight is 402 g/mol. The third kappa shape index (κ3) is 3.20. The minimum atomic E-state index is -0.217. The first-order valence-corrected chi connectivity index (χ1v) is 10.3. The van der Waals surface area contributed by atoms with Gasteiger partial charge in [0.15, 0.2) is 16.7 Å². The van der Waals surface area contributed by atoms with E-state index in [4.69, 9.17) is 9.72 Å².